The number of carbonyl (C=O) groups excluding carboxylic acids is 1. The van der Waals surface area contributed by atoms with Crippen LogP contribution in [0.4, 0.5) is 0 Å². The van der Waals surface area contributed by atoms with Gasteiger partial charge >= 0.3 is 0 Å². The monoisotopic (exact) mass is 110 g/mol. The molecular weight excluding hydrogens is 100 g/mol. The fourth-order valence-corrected chi connectivity index (χ4v) is 0.246. The first-order chi connectivity index (χ1) is 3.56. The lowest BCUT2D eigenvalue weighted by molar-refractivity contribution is 0.543. The van der Waals surface area contributed by atoms with E-state index in [9.17, 15) is 4.79 Å². The van der Waals surface area contributed by atoms with Crippen molar-refractivity contribution in [1.29, 1.82) is 0 Å². The largest absolute Gasteiger partial charge is 0.224 e. The second kappa shape index (κ2) is 2.52. The molecule has 0 bridgehead atoms. The molecule has 0 amide bonds. The van der Waals surface area contributed by atoms with Gasteiger partial charge in [0.2, 0.25) is 0 Å². The summed E-state index contributed by atoms with van der Waals surface area (Å²) in [5.74, 6) is 1.57. The molecule has 0 unspecified atom stereocenters. The molecule has 0 radical (unpaired) electrons. The Hall–Kier alpha value is -0.770. The third-order valence-corrected chi connectivity index (χ3v) is 0.564. The minimum Gasteiger partial charge on any atom is -0.224 e. The van der Waals surface area contributed by atoms with E-state index in [1.54, 1.807) is 12.0 Å². The molecule has 1 heteroatoms. The number of hydrogen-bond acceptors (Lipinski definition) is 1. The van der Waals surface area contributed by atoms with Crippen molar-refractivity contribution in [3.8, 4) is 0 Å². The molecule has 0 aliphatic rings. The molecule has 44 valence electrons. The normalized spacial score (nSPS) is 9.38. The van der Waals surface area contributed by atoms with Crippen molar-refractivity contribution in [2.24, 2.45) is 5.41 Å². The lowest BCUT2D eigenvalue weighted by atomic mass is 9.97. The highest BCUT2D eigenvalue weighted by Gasteiger charge is 2.01. The highest BCUT2D eigenvalue weighted by molar-refractivity contribution is 5.43. The zero-order valence-electron chi connectivity index (χ0n) is 5.49. The second-order valence-corrected chi connectivity index (χ2v) is 2.76. The van der Waals surface area contributed by atoms with Gasteiger partial charge < -0.3 is 0 Å². The van der Waals surface area contributed by atoms with Gasteiger partial charge in [-0.3, -0.25) is 0 Å². The quantitative estimate of drug-likeness (QED) is 0.342. The van der Waals surface area contributed by atoms with E-state index in [4.69, 9.17) is 0 Å². The van der Waals surface area contributed by atoms with Crippen LogP contribution in [0.25, 0.3) is 0 Å². The van der Waals surface area contributed by atoms with E-state index < -0.39 is 0 Å². The zero-order valence-corrected chi connectivity index (χ0v) is 5.49. The average Bonchev–Trinajstić information content (AvgIpc) is 1.59. The van der Waals surface area contributed by atoms with Gasteiger partial charge in [0.15, 0.2) is 5.94 Å². The molecule has 0 saturated heterocycles. The Balaban J connectivity index is 4.10. The average molecular weight is 110 g/mol. The third kappa shape index (κ3) is 5.23. The molecule has 8 heavy (non-hydrogen) atoms. The number of rotatable bonds is 0. The zero-order chi connectivity index (χ0) is 6.62. The Labute approximate surface area is 49.7 Å². The minimum atomic E-state index is 0.0530. The van der Waals surface area contributed by atoms with E-state index in [-0.39, 0.29) is 5.41 Å². The fraction of sp³-hybridized carbons (Fsp3) is 0.571. The van der Waals surface area contributed by atoms with Crippen LogP contribution < -0.4 is 0 Å². The van der Waals surface area contributed by atoms with Crippen LogP contribution in [0.2, 0.25) is 0 Å². The van der Waals surface area contributed by atoms with E-state index in [0.29, 0.717) is 0 Å². The van der Waals surface area contributed by atoms with E-state index in [1.807, 2.05) is 20.8 Å². The summed E-state index contributed by atoms with van der Waals surface area (Å²) in [5, 5.41) is 0. The van der Waals surface area contributed by atoms with Crippen LogP contribution in [0.5, 0.6) is 0 Å². The van der Waals surface area contributed by atoms with Crippen LogP contribution in [0, 0.1) is 5.41 Å². The van der Waals surface area contributed by atoms with E-state index in [1.165, 1.54) is 0 Å². The summed E-state index contributed by atoms with van der Waals surface area (Å²) < 4.78 is 0. The van der Waals surface area contributed by atoms with Gasteiger partial charge in [-0.25, -0.2) is 4.79 Å². The van der Waals surface area contributed by atoms with Crippen LogP contribution in [0.15, 0.2) is 11.8 Å². The standard InChI is InChI=1S/C7H10O/c1-7(2,3)5-4-6-8/h5H,1-3H3. The van der Waals surface area contributed by atoms with Crippen molar-refractivity contribution in [2.75, 3.05) is 0 Å². The third-order valence-electron chi connectivity index (χ3n) is 0.564. The van der Waals surface area contributed by atoms with Crippen LogP contribution in [-0.2, 0) is 4.79 Å². The van der Waals surface area contributed by atoms with Crippen molar-refractivity contribution in [3.05, 3.63) is 11.8 Å². The molecule has 0 aliphatic heterocycles. The molecule has 0 aliphatic carbocycles. The van der Waals surface area contributed by atoms with Crippen LogP contribution in [-0.4, -0.2) is 5.94 Å². The predicted molar refractivity (Wildman–Crippen MR) is 33.2 cm³/mol. The summed E-state index contributed by atoms with van der Waals surface area (Å²) in [7, 11) is 0. The summed E-state index contributed by atoms with van der Waals surface area (Å²) in [6, 6.07) is 0. The second-order valence-electron chi connectivity index (χ2n) is 2.76. The van der Waals surface area contributed by atoms with Gasteiger partial charge in [-0.1, -0.05) is 20.8 Å². The Morgan fingerprint density at radius 1 is 1.38 bits per heavy atom. The van der Waals surface area contributed by atoms with E-state index in [0.717, 1.165) is 0 Å². The molecule has 0 aromatic rings. The number of allylic oxidation sites excluding steroid dienone is 1. The molecular formula is C7H10O. The maximum Gasteiger partial charge on any atom is 0.176 e. The van der Waals surface area contributed by atoms with Gasteiger partial charge in [0.25, 0.3) is 0 Å². The Morgan fingerprint density at radius 2 is 1.88 bits per heavy atom. The lowest BCUT2D eigenvalue weighted by Gasteiger charge is -2.07. The predicted octanol–water partition coefficient (Wildman–Crippen LogP) is 1.58. The molecule has 0 rings (SSSR count). The Bertz CT molecular complexity index is 138. The Kier molecular flexibility index (Phi) is 2.27. The Morgan fingerprint density at radius 3 is 2.00 bits per heavy atom. The van der Waals surface area contributed by atoms with Crippen molar-refractivity contribution < 1.29 is 4.79 Å². The molecule has 0 spiro atoms. The van der Waals surface area contributed by atoms with Crippen LogP contribution in [0.1, 0.15) is 20.8 Å². The lowest BCUT2D eigenvalue weighted by Crippen LogP contribution is -1.96. The molecule has 1 nitrogen and oxygen atoms in total. The van der Waals surface area contributed by atoms with Gasteiger partial charge in [0.05, 0.1) is 0 Å². The van der Waals surface area contributed by atoms with Gasteiger partial charge in [0, 0.05) is 0 Å². The smallest absolute Gasteiger partial charge is 0.176 e. The topological polar surface area (TPSA) is 17.1 Å². The maximum absolute atomic E-state index is 9.58. The molecule has 0 heterocycles. The molecule has 0 aromatic carbocycles. The number of hydrogen-bond donors (Lipinski definition) is 0. The highest BCUT2D eigenvalue weighted by atomic mass is 16.1. The van der Waals surface area contributed by atoms with Crippen molar-refractivity contribution in [2.45, 2.75) is 20.8 Å². The molecule has 0 saturated carbocycles. The molecule has 0 atom stereocenters. The molecule has 0 fully saturated rings. The summed E-state index contributed by atoms with van der Waals surface area (Å²) in [6.45, 7) is 5.99. The molecule has 0 aromatic heterocycles. The van der Waals surface area contributed by atoms with Gasteiger partial charge in [0.1, 0.15) is 0 Å². The summed E-state index contributed by atoms with van der Waals surface area (Å²) in [5.41, 5.74) is 2.41. The first kappa shape index (κ1) is 7.23. The van der Waals surface area contributed by atoms with E-state index >= 15 is 0 Å². The van der Waals surface area contributed by atoms with Crippen LogP contribution >= 0.6 is 0 Å². The van der Waals surface area contributed by atoms with Crippen molar-refractivity contribution >= 4 is 5.94 Å². The highest BCUT2D eigenvalue weighted by Crippen LogP contribution is 2.12. The van der Waals surface area contributed by atoms with Gasteiger partial charge in [-0.2, -0.15) is 0 Å². The van der Waals surface area contributed by atoms with Gasteiger partial charge in [-0.15, -0.1) is 0 Å². The van der Waals surface area contributed by atoms with Crippen molar-refractivity contribution in [3.63, 3.8) is 0 Å². The van der Waals surface area contributed by atoms with Crippen molar-refractivity contribution in [1.82, 2.24) is 0 Å². The van der Waals surface area contributed by atoms with Crippen LogP contribution in [0.3, 0.4) is 0 Å². The fourth-order valence-electron chi connectivity index (χ4n) is 0.246. The summed E-state index contributed by atoms with van der Waals surface area (Å²) >= 11 is 0. The first-order valence-electron chi connectivity index (χ1n) is 2.53. The minimum absolute atomic E-state index is 0.0530. The van der Waals surface area contributed by atoms with E-state index in [2.05, 4.69) is 5.73 Å². The summed E-state index contributed by atoms with van der Waals surface area (Å²) in [4.78, 5) is 9.58. The summed E-state index contributed by atoms with van der Waals surface area (Å²) in [6.07, 6.45) is 1.69. The SMILES string of the molecule is CC(C)(C)C=C=C=O. The maximum atomic E-state index is 9.58. The molecule has 0 N–H and O–H groups in total. The first-order valence-corrected chi connectivity index (χ1v) is 2.53. The van der Waals surface area contributed by atoms with Gasteiger partial charge in [-0.05, 0) is 17.2 Å².